The number of nitrogens with one attached hydrogen (secondary N) is 1. The zero-order valence-corrected chi connectivity index (χ0v) is 18.5. The van der Waals surface area contributed by atoms with Crippen LogP contribution in [0.4, 0.5) is 10.1 Å². The third-order valence-electron chi connectivity index (χ3n) is 6.62. The minimum atomic E-state index is -0.437. The van der Waals surface area contributed by atoms with Gasteiger partial charge < -0.3 is 15.0 Å². The number of ether oxygens (including phenoxy) is 1. The van der Waals surface area contributed by atoms with Crippen molar-refractivity contribution in [1.82, 2.24) is 10.2 Å². The van der Waals surface area contributed by atoms with Gasteiger partial charge in [0.15, 0.2) is 0 Å². The highest BCUT2D eigenvalue weighted by atomic mass is 19.1. The monoisotopic (exact) mass is 425 g/mol. The van der Waals surface area contributed by atoms with E-state index in [0.717, 1.165) is 56.9 Å². The number of hydrogen-bond acceptors (Lipinski definition) is 4. The van der Waals surface area contributed by atoms with E-state index in [2.05, 4.69) is 33.3 Å². The molecular formula is C25H32FN3O2. The summed E-state index contributed by atoms with van der Waals surface area (Å²) in [6.07, 6.45) is 4.06. The number of hydrogen-bond donors (Lipinski definition) is 1. The van der Waals surface area contributed by atoms with Crippen LogP contribution in [-0.4, -0.2) is 44.1 Å². The van der Waals surface area contributed by atoms with Gasteiger partial charge in [-0.1, -0.05) is 18.2 Å². The van der Waals surface area contributed by atoms with Crippen LogP contribution in [0.1, 0.15) is 43.7 Å². The van der Waals surface area contributed by atoms with Crippen LogP contribution in [0.3, 0.4) is 0 Å². The first kappa shape index (κ1) is 21.6. The van der Waals surface area contributed by atoms with Crippen LogP contribution in [0, 0.1) is 5.82 Å². The first-order chi connectivity index (χ1) is 15.0. The minimum absolute atomic E-state index is 0.0555. The number of carbonyl (C=O) groups excluding carboxylic acids is 1. The van der Waals surface area contributed by atoms with E-state index < -0.39 is 5.54 Å². The zero-order valence-electron chi connectivity index (χ0n) is 18.5. The molecule has 0 spiro atoms. The number of rotatable bonds is 6. The highest BCUT2D eigenvalue weighted by Crippen LogP contribution is 2.35. The molecule has 0 saturated carbocycles. The van der Waals surface area contributed by atoms with Crippen LogP contribution in [0.2, 0.25) is 0 Å². The molecule has 0 aliphatic carbocycles. The van der Waals surface area contributed by atoms with Crippen molar-refractivity contribution in [2.45, 2.75) is 44.7 Å². The molecule has 31 heavy (non-hydrogen) atoms. The smallest absolute Gasteiger partial charge is 0.217 e. The maximum absolute atomic E-state index is 13.4. The summed E-state index contributed by atoms with van der Waals surface area (Å²) in [5.74, 6) is 0.626. The summed E-state index contributed by atoms with van der Waals surface area (Å²) in [5.41, 5.74) is 2.95. The van der Waals surface area contributed by atoms with Gasteiger partial charge in [0.1, 0.15) is 11.6 Å². The van der Waals surface area contributed by atoms with Gasteiger partial charge in [-0.2, -0.15) is 0 Å². The van der Waals surface area contributed by atoms with Crippen LogP contribution >= 0.6 is 0 Å². The standard InChI is InChI=1S/C25H32FN3O2/c1-19(30)27-25(21-6-8-22(26)9-7-21)11-15-28(16-12-25)18-20-5-10-23(24(17-20)31-2)29-13-3-4-14-29/h5-10,17H,3-4,11-16,18H2,1-2H3,(H,27,30). The lowest BCUT2D eigenvalue weighted by atomic mass is 9.80. The highest BCUT2D eigenvalue weighted by molar-refractivity contribution is 5.74. The lowest BCUT2D eigenvalue weighted by Crippen LogP contribution is -2.52. The van der Waals surface area contributed by atoms with Gasteiger partial charge in [-0.25, -0.2) is 4.39 Å². The summed E-state index contributed by atoms with van der Waals surface area (Å²) in [6.45, 7) is 6.29. The number of benzene rings is 2. The number of likely N-dealkylation sites (tertiary alicyclic amines) is 1. The summed E-state index contributed by atoms with van der Waals surface area (Å²) in [4.78, 5) is 16.7. The summed E-state index contributed by atoms with van der Waals surface area (Å²) >= 11 is 0. The van der Waals surface area contributed by atoms with Crippen LogP contribution in [0.15, 0.2) is 42.5 Å². The van der Waals surface area contributed by atoms with Crippen molar-refractivity contribution < 1.29 is 13.9 Å². The van der Waals surface area contributed by atoms with E-state index in [1.54, 1.807) is 26.2 Å². The number of halogens is 1. The molecule has 6 heteroatoms. The van der Waals surface area contributed by atoms with Crippen LogP contribution in [-0.2, 0) is 16.9 Å². The van der Waals surface area contributed by atoms with Crippen molar-refractivity contribution in [2.24, 2.45) is 0 Å². The molecule has 0 aromatic heterocycles. The number of piperidine rings is 1. The minimum Gasteiger partial charge on any atom is -0.495 e. The third-order valence-corrected chi connectivity index (χ3v) is 6.62. The normalized spacial score (nSPS) is 18.7. The van der Waals surface area contributed by atoms with Crippen molar-refractivity contribution in [2.75, 3.05) is 38.2 Å². The largest absolute Gasteiger partial charge is 0.495 e. The first-order valence-electron chi connectivity index (χ1n) is 11.2. The Kier molecular flexibility index (Phi) is 6.46. The number of nitrogens with zero attached hydrogens (tertiary/aromatic N) is 2. The molecule has 2 saturated heterocycles. The quantitative estimate of drug-likeness (QED) is 0.758. The molecule has 2 aliphatic heterocycles. The Morgan fingerprint density at radius 1 is 1.06 bits per heavy atom. The van der Waals surface area contributed by atoms with Gasteiger partial charge in [0.25, 0.3) is 0 Å². The fraction of sp³-hybridized carbons (Fsp3) is 0.480. The molecule has 0 bridgehead atoms. The summed E-state index contributed by atoms with van der Waals surface area (Å²) < 4.78 is 19.1. The van der Waals surface area contributed by atoms with Crippen molar-refractivity contribution in [1.29, 1.82) is 0 Å². The lowest BCUT2D eigenvalue weighted by Gasteiger charge is -2.42. The molecule has 2 aromatic carbocycles. The summed E-state index contributed by atoms with van der Waals surface area (Å²) in [5, 5.41) is 3.16. The van der Waals surface area contributed by atoms with Gasteiger partial charge >= 0.3 is 0 Å². The average Bonchev–Trinajstić information content (AvgIpc) is 3.30. The van der Waals surface area contributed by atoms with E-state index in [1.165, 1.54) is 36.2 Å². The van der Waals surface area contributed by atoms with Crippen molar-refractivity contribution in [3.05, 3.63) is 59.4 Å². The van der Waals surface area contributed by atoms with Crippen molar-refractivity contribution in [3.63, 3.8) is 0 Å². The van der Waals surface area contributed by atoms with Crippen molar-refractivity contribution in [3.8, 4) is 5.75 Å². The third kappa shape index (κ3) is 4.85. The van der Waals surface area contributed by atoms with Gasteiger partial charge in [-0.3, -0.25) is 9.69 Å². The van der Waals surface area contributed by atoms with E-state index in [9.17, 15) is 9.18 Å². The molecule has 1 N–H and O–H groups in total. The molecule has 2 fully saturated rings. The van der Waals surface area contributed by atoms with Crippen LogP contribution in [0.25, 0.3) is 0 Å². The Morgan fingerprint density at radius 2 is 1.74 bits per heavy atom. The molecular weight excluding hydrogens is 393 g/mol. The van der Waals surface area contributed by atoms with Crippen LogP contribution < -0.4 is 15.0 Å². The Balaban J connectivity index is 1.45. The average molecular weight is 426 g/mol. The molecule has 0 atom stereocenters. The molecule has 166 valence electrons. The predicted molar refractivity (Wildman–Crippen MR) is 121 cm³/mol. The molecule has 2 aromatic rings. The zero-order chi connectivity index (χ0) is 21.8. The molecule has 0 radical (unpaired) electrons. The molecule has 1 amide bonds. The SMILES string of the molecule is COc1cc(CN2CCC(NC(C)=O)(c3ccc(F)cc3)CC2)ccc1N1CCCC1. The maximum atomic E-state index is 13.4. The molecule has 0 unspecified atom stereocenters. The maximum Gasteiger partial charge on any atom is 0.217 e. The van der Waals surface area contributed by atoms with E-state index in [4.69, 9.17) is 4.74 Å². The second-order valence-corrected chi connectivity index (χ2v) is 8.75. The van der Waals surface area contributed by atoms with E-state index in [1.807, 2.05) is 0 Å². The van der Waals surface area contributed by atoms with Crippen LogP contribution in [0.5, 0.6) is 5.75 Å². The van der Waals surface area contributed by atoms with E-state index >= 15 is 0 Å². The molecule has 4 rings (SSSR count). The summed E-state index contributed by atoms with van der Waals surface area (Å²) in [7, 11) is 1.74. The van der Waals surface area contributed by atoms with Gasteiger partial charge in [-0.05, 0) is 61.1 Å². The Labute approximate surface area is 184 Å². The summed E-state index contributed by atoms with van der Waals surface area (Å²) in [6, 6.07) is 13.1. The number of anilines is 1. The topological polar surface area (TPSA) is 44.8 Å². The second-order valence-electron chi connectivity index (χ2n) is 8.75. The number of methoxy groups -OCH3 is 1. The Bertz CT molecular complexity index is 901. The van der Waals surface area contributed by atoms with Gasteiger partial charge in [0.2, 0.25) is 5.91 Å². The Morgan fingerprint density at radius 3 is 2.35 bits per heavy atom. The molecule has 2 aliphatic rings. The Hall–Kier alpha value is -2.60. The fourth-order valence-electron chi connectivity index (χ4n) is 4.98. The lowest BCUT2D eigenvalue weighted by molar-refractivity contribution is -0.121. The molecule has 2 heterocycles. The van der Waals surface area contributed by atoms with Gasteiger partial charge in [0, 0.05) is 39.6 Å². The first-order valence-corrected chi connectivity index (χ1v) is 11.2. The van der Waals surface area contributed by atoms with Crippen molar-refractivity contribution >= 4 is 11.6 Å². The van der Waals surface area contributed by atoms with E-state index in [0.29, 0.717) is 0 Å². The highest BCUT2D eigenvalue weighted by Gasteiger charge is 2.37. The molecule has 5 nitrogen and oxygen atoms in total. The fourth-order valence-corrected chi connectivity index (χ4v) is 4.98. The number of carbonyl (C=O) groups is 1. The number of amides is 1. The van der Waals surface area contributed by atoms with E-state index in [-0.39, 0.29) is 11.7 Å². The predicted octanol–water partition coefficient (Wildman–Crippen LogP) is 4.06. The second kappa shape index (κ2) is 9.27. The van der Waals surface area contributed by atoms with Gasteiger partial charge in [-0.15, -0.1) is 0 Å². The van der Waals surface area contributed by atoms with Gasteiger partial charge in [0.05, 0.1) is 18.3 Å².